The molecule has 0 aliphatic heterocycles. The highest BCUT2D eigenvalue weighted by Gasteiger charge is 2.07. The Labute approximate surface area is 105 Å². The monoisotopic (exact) mass is 242 g/mol. The summed E-state index contributed by atoms with van der Waals surface area (Å²) in [5, 5.41) is 2.67. The molecule has 1 amide bonds. The Hall–Kier alpha value is -2.33. The molecule has 0 saturated carbocycles. The van der Waals surface area contributed by atoms with Crippen LogP contribution in [0.15, 0.2) is 54.6 Å². The summed E-state index contributed by atoms with van der Waals surface area (Å²) in [6.45, 7) is 0.363. The smallest absolute Gasteiger partial charge is 0.410 e. The van der Waals surface area contributed by atoms with Crippen LogP contribution >= 0.6 is 0 Å². The molecule has 2 aromatic rings. The van der Waals surface area contributed by atoms with Crippen molar-refractivity contribution in [1.29, 1.82) is 0 Å². The molecule has 2 rings (SSSR count). The summed E-state index contributed by atoms with van der Waals surface area (Å²) in [5.41, 5.74) is 7.12. The first-order valence-electron chi connectivity index (χ1n) is 5.61. The molecule has 2 aromatic carbocycles. The van der Waals surface area contributed by atoms with Crippen LogP contribution in [0, 0.1) is 0 Å². The first-order valence-corrected chi connectivity index (χ1v) is 5.61. The quantitative estimate of drug-likeness (QED) is 0.869. The Morgan fingerprint density at radius 3 is 2.44 bits per heavy atom. The summed E-state index contributed by atoms with van der Waals surface area (Å²) >= 11 is 0. The molecule has 92 valence electrons. The molecule has 0 heterocycles. The average Bonchev–Trinajstić information content (AvgIpc) is 2.40. The summed E-state index contributed by atoms with van der Waals surface area (Å²) in [6.07, 6.45) is -0.526. The van der Waals surface area contributed by atoms with Crippen molar-refractivity contribution in [1.82, 2.24) is 0 Å². The first kappa shape index (κ1) is 12.1. The third kappa shape index (κ3) is 3.09. The van der Waals surface area contributed by atoms with E-state index < -0.39 is 6.09 Å². The third-order valence-corrected chi connectivity index (χ3v) is 2.43. The number of hydrogen-bond donors (Lipinski definition) is 2. The van der Waals surface area contributed by atoms with Crippen LogP contribution in [0.4, 0.5) is 10.5 Å². The van der Waals surface area contributed by atoms with Gasteiger partial charge in [-0.05, 0) is 23.8 Å². The molecule has 0 radical (unpaired) electrons. The second-order valence-electron chi connectivity index (χ2n) is 3.69. The van der Waals surface area contributed by atoms with Crippen LogP contribution in [0.25, 0.3) is 0 Å². The fourth-order valence-corrected chi connectivity index (χ4v) is 1.55. The number of para-hydroxylation sites is 2. The topological polar surface area (TPSA) is 64.3 Å². The van der Waals surface area contributed by atoms with Gasteiger partial charge in [-0.3, -0.25) is 5.32 Å². The number of nitrogens with one attached hydrogen (secondary N) is 1. The first-order chi connectivity index (χ1) is 8.79. The van der Waals surface area contributed by atoms with Gasteiger partial charge in [0.05, 0.1) is 0 Å². The van der Waals surface area contributed by atoms with Gasteiger partial charge in [0.25, 0.3) is 0 Å². The van der Waals surface area contributed by atoms with Crippen molar-refractivity contribution in [2.75, 3.05) is 5.32 Å². The summed E-state index contributed by atoms with van der Waals surface area (Å²) in [4.78, 5) is 11.7. The van der Waals surface area contributed by atoms with E-state index in [1.807, 2.05) is 24.3 Å². The lowest BCUT2D eigenvalue weighted by Crippen LogP contribution is -2.18. The minimum atomic E-state index is -0.526. The highest BCUT2D eigenvalue weighted by atomic mass is 16.6. The van der Waals surface area contributed by atoms with Crippen molar-refractivity contribution in [3.63, 3.8) is 0 Å². The van der Waals surface area contributed by atoms with Gasteiger partial charge in [-0.1, -0.05) is 36.4 Å². The van der Waals surface area contributed by atoms with Gasteiger partial charge < -0.3 is 10.5 Å². The molecule has 3 N–H and O–H groups in total. The van der Waals surface area contributed by atoms with E-state index in [4.69, 9.17) is 10.5 Å². The normalized spacial score (nSPS) is 9.83. The summed E-state index contributed by atoms with van der Waals surface area (Å²) in [6, 6.07) is 16.2. The Morgan fingerprint density at radius 2 is 1.72 bits per heavy atom. The number of anilines is 1. The van der Waals surface area contributed by atoms with Gasteiger partial charge in [-0.15, -0.1) is 0 Å². The summed E-state index contributed by atoms with van der Waals surface area (Å²) in [5.74, 6) is 0.500. The molecule has 0 spiro atoms. The molecule has 0 aromatic heterocycles. The molecule has 0 atom stereocenters. The van der Waals surface area contributed by atoms with Crippen molar-refractivity contribution in [2.45, 2.75) is 6.54 Å². The maximum atomic E-state index is 11.7. The van der Waals surface area contributed by atoms with Crippen molar-refractivity contribution >= 4 is 11.8 Å². The van der Waals surface area contributed by atoms with Crippen LogP contribution in [-0.2, 0) is 6.54 Å². The van der Waals surface area contributed by atoms with Gasteiger partial charge in [0, 0.05) is 12.2 Å². The lowest BCUT2D eigenvalue weighted by atomic mass is 10.2. The van der Waals surface area contributed by atoms with Crippen LogP contribution < -0.4 is 15.8 Å². The Balaban J connectivity index is 2.03. The van der Waals surface area contributed by atoms with Crippen LogP contribution in [0.5, 0.6) is 5.75 Å². The van der Waals surface area contributed by atoms with Crippen LogP contribution in [0.2, 0.25) is 0 Å². The number of benzene rings is 2. The van der Waals surface area contributed by atoms with E-state index in [0.717, 1.165) is 5.56 Å². The molecule has 0 saturated heterocycles. The van der Waals surface area contributed by atoms with E-state index in [1.165, 1.54) is 0 Å². The van der Waals surface area contributed by atoms with Gasteiger partial charge in [0.2, 0.25) is 0 Å². The Kier molecular flexibility index (Phi) is 3.94. The molecule has 0 fully saturated rings. The zero-order valence-electron chi connectivity index (χ0n) is 9.80. The lowest BCUT2D eigenvalue weighted by Gasteiger charge is -2.09. The van der Waals surface area contributed by atoms with Gasteiger partial charge >= 0.3 is 6.09 Å². The third-order valence-electron chi connectivity index (χ3n) is 2.43. The Bertz CT molecular complexity index is 526. The standard InChI is InChI=1S/C14H14N2O2/c15-10-11-6-4-5-9-13(11)16-14(17)18-12-7-2-1-3-8-12/h1-9H,10,15H2,(H,16,17). The molecule has 0 unspecified atom stereocenters. The number of hydrogen-bond acceptors (Lipinski definition) is 3. The highest BCUT2D eigenvalue weighted by Crippen LogP contribution is 2.15. The second-order valence-corrected chi connectivity index (χ2v) is 3.69. The highest BCUT2D eigenvalue weighted by molar-refractivity contribution is 5.87. The Morgan fingerprint density at radius 1 is 1.06 bits per heavy atom. The summed E-state index contributed by atoms with van der Waals surface area (Å²) < 4.78 is 5.13. The molecule has 0 aliphatic carbocycles. The number of carbonyl (C=O) groups excluding carboxylic acids is 1. The minimum Gasteiger partial charge on any atom is -0.410 e. The maximum absolute atomic E-state index is 11.7. The largest absolute Gasteiger partial charge is 0.417 e. The lowest BCUT2D eigenvalue weighted by molar-refractivity contribution is 0.215. The molecule has 18 heavy (non-hydrogen) atoms. The SMILES string of the molecule is NCc1ccccc1NC(=O)Oc1ccccc1. The fraction of sp³-hybridized carbons (Fsp3) is 0.0714. The van der Waals surface area contributed by atoms with Crippen LogP contribution in [0.1, 0.15) is 5.56 Å². The van der Waals surface area contributed by atoms with Crippen molar-refractivity contribution in [3.8, 4) is 5.75 Å². The van der Waals surface area contributed by atoms with E-state index >= 15 is 0 Å². The molecule has 4 nitrogen and oxygen atoms in total. The maximum Gasteiger partial charge on any atom is 0.417 e. The second kappa shape index (κ2) is 5.84. The van der Waals surface area contributed by atoms with E-state index in [-0.39, 0.29) is 0 Å². The van der Waals surface area contributed by atoms with E-state index in [1.54, 1.807) is 30.3 Å². The fourth-order valence-electron chi connectivity index (χ4n) is 1.55. The molecule has 0 bridgehead atoms. The molecule has 0 aliphatic rings. The number of rotatable bonds is 3. The van der Waals surface area contributed by atoms with Gasteiger partial charge in [-0.2, -0.15) is 0 Å². The minimum absolute atomic E-state index is 0.363. The number of ether oxygens (including phenoxy) is 1. The van der Waals surface area contributed by atoms with E-state index in [0.29, 0.717) is 18.0 Å². The predicted octanol–water partition coefficient (Wildman–Crippen LogP) is 2.76. The molecular formula is C14H14N2O2. The van der Waals surface area contributed by atoms with Gasteiger partial charge in [0.1, 0.15) is 5.75 Å². The molecule has 4 heteroatoms. The number of amides is 1. The van der Waals surface area contributed by atoms with E-state index in [2.05, 4.69) is 5.32 Å². The predicted molar refractivity (Wildman–Crippen MR) is 70.4 cm³/mol. The number of carbonyl (C=O) groups is 1. The average molecular weight is 242 g/mol. The van der Waals surface area contributed by atoms with Crippen LogP contribution in [-0.4, -0.2) is 6.09 Å². The van der Waals surface area contributed by atoms with Crippen LogP contribution in [0.3, 0.4) is 0 Å². The number of nitrogens with two attached hydrogens (primary N) is 1. The van der Waals surface area contributed by atoms with Crippen molar-refractivity contribution < 1.29 is 9.53 Å². The van der Waals surface area contributed by atoms with E-state index in [9.17, 15) is 4.79 Å². The summed E-state index contributed by atoms with van der Waals surface area (Å²) in [7, 11) is 0. The van der Waals surface area contributed by atoms with Crippen molar-refractivity contribution in [3.05, 3.63) is 60.2 Å². The zero-order valence-corrected chi connectivity index (χ0v) is 9.80. The van der Waals surface area contributed by atoms with Crippen molar-refractivity contribution in [2.24, 2.45) is 5.73 Å². The van der Waals surface area contributed by atoms with Gasteiger partial charge in [0.15, 0.2) is 0 Å². The van der Waals surface area contributed by atoms with Gasteiger partial charge in [-0.25, -0.2) is 4.79 Å². The molecular weight excluding hydrogens is 228 g/mol. The zero-order chi connectivity index (χ0) is 12.8.